The van der Waals surface area contributed by atoms with Gasteiger partial charge >= 0.3 is 0 Å². The normalized spacial score (nSPS) is 11.4. The molecule has 1 aromatic carbocycles. The minimum atomic E-state index is -0.255. The summed E-state index contributed by atoms with van der Waals surface area (Å²) in [4.78, 5) is 8.47. The average Bonchev–Trinajstić information content (AvgIpc) is 3.15. The minimum Gasteiger partial charge on any atom is -0.356 e. The summed E-state index contributed by atoms with van der Waals surface area (Å²) in [7, 11) is 1.73. The Labute approximate surface area is 151 Å². The van der Waals surface area contributed by atoms with Crippen LogP contribution in [0.5, 0.6) is 0 Å². The first kappa shape index (κ1) is 17.6. The van der Waals surface area contributed by atoms with Gasteiger partial charge in [-0.25, -0.2) is 9.07 Å². The second-order valence-electron chi connectivity index (χ2n) is 5.65. The van der Waals surface area contributed by atoms with Gasteiger partial charge in [0.05, 0.1) is 23.6 Å². The molecule has 2 aromatic heterocycles. The van der Waals surface area contributed by atoms with Crippen LogP contribution in [0.15, 0.2) is 65.9 Å². The molecule has 0 amide bonds. The van der Waals surface area contributed by atoms with Crippen molar-refractivity contribution in [2.75, 3.05) is 13.6 Å². The van der Waals surface area contributed by atoms with Gasteiger partial charge < -0.3 is 10.6 Å². The van der Waals surface area contributed by atoms with Crippen LogP contribution in [0.3, 0.4) is 0 Å². The molecule has 0 aliphatic rings. The first-order valence-corrected chi connectivity index (χ1v) is 8.39. The molecular weight excluding hydrogens is 331 g/mol. The quantitative estimate of drug-likeness (QED) is 0.528. The van der Waals surface area contributed by atoms with Crippen molar-refractivity contribution in [3.63, 3.8) is 0 Å². The van der Waals surface area contributed by atoms with E-state index in [0.717, 1.165) is 23.5 Å². The van der Waals surface area contributed by atoms with Crippen LogP contribution in [0.2, 0.25) is 0 Å². The first-order valence-electron chi connectivity index (χ1n) is 8.39. The SMILES string of the molecule is CN=C(NCCc1ccn(-c2ccc(F)cc2)n1)NCc1ccccn1. The van der Waals surface area contributed by atoms with E-state index < -0.39 is 0 Å². The number of aliphatic imine (C=N–C) groups is 1. The third-order valence-electron chi connectivity index (χ3n) is 3.80. The first-order chi connectivity index (χ1) is 12.7. The smallest absolute Gasteiger partial charge is 0.191 e. The van der Waals surface area contributed by atoms with Gasteiger partial charge in [-0.2, -0.15) is 5.10 Å². The molecule has 6 nitrogen and oxygen atoms in total. The number of benzene rings is 1. The zero-order chi connectivity index (χ0) is 18.2. The largest absolute Gasteiger partial charge is 0.356 e. The van der Waals surface area contributed by atoms with Crippen molar-refractivity contribution in [2.24, 2.45) is 4.99 Å². The van der Waals surface area contributed by atoms with E-state index in [9.17, 15) is 4.39 Å². The summed E-state index contributed by atoms with van der Waals surface area (Å²) < 4.78 is 14.7. The molecule has 0 bridgehead atoms. The molecule has 0 fully saturated rings. The summed E-state index contributed by atoms with van der Waals surface area (Å²) in [6, 6.07) is 14.0. The van der Waals surface area contributed by atoms with Gasteiger partial charge in [0.25, 0.3) is 0 Å². The van der Waals surface area contributed by atoms with Gasteiger partial charge in [-0.05, 0) is 42.5 Å². The molecular formula is C19H21FN6. The molecule has 0 aliphatic heterocycles. The highest BCUT2D eigenvalue weighted by molar-refractivity contribution is 5.79. The lowest BCUT2D eigenvalue weighted by Crippen LogP contribution is -2.38. The molecule has 134 valence electrons. The van der Waals surface area contributed by atoms with Crippen LogP contribution in [0.4, 0.5) is 4.39 Å². The predicted molar refractivity (Wildman–Crippen MR) is 99.7 cm³/mol. The maximum atomic E-state index is 13.0. The lowest BCUT2D eigenvalue weighted by atomic mass is 10.3. The van der Waals surface area contributed by atoms with Gasteiger partial charge in [0, 0.05) is 32.4 Å². The number of pyridine rings is 1. The Balaban J connectivity index is 1.47. The molecule has 0 unspecified atom stereocenters. The van der Waals surface area contributed by atoms with Gasteiger partial charge in [-0.3, -0.25) is 9.98 Å². The molecule has 0 aliphatic carbocycles. The maximum absolute atomic E-state index is 13.0. The molecule has 0 atom stereocenters. The van der Waals surface area contributed by atoms with E-state index in [2.05, 4.69) is 25.7 Å². The molecule has 0 saturated heterocycles. The molecule has 7 heteroatoms. The van der Waals surface area contributed by atoms with E-state index in [0.29, 0.717) is 19.0 Å². The number of halogens is 1. The van der Waals surface area contributed by atoms with Crippen LogP contribution >= 0.6 is 0 Å². The van der Waals surface area contributed by atoms with Crippen LogP contribution in [0, 0.1) is 5.82 Å². The van der Waals surface area contributed by atoms with Gasteiger partial charge in [0.15, 0.2) is 5.96 Å². The number of nitrogens with zero attached hydrogens (tertiary/aromatic N) is 4. The summed E-state index contributed by atoms with van der Waals surface area (Å²) >= 11 is 0. The van der Waals surface area contributed by atoms with E-state index in [1.165, 1.54) is 12.1 Å². The molecule has 2 N–H and O–H groups in total. The zero-order valence-corrected chi connectivity index (χ0v) is 14.6. The number of nitrogens with one attached hydrogen (secondary N) is 2. The van der Waals surface area contributed by atoms with Crippen molar-refractivity contribution in [2.45, 2.75) is 13.0 Å². The summed E-state index contributed by atoms with van der Waals surface area (Å²) in [5.74, 6) is 0.462. The van der Waals surface area contributed by atoms with Crippen molar-refractivity contribution < 1.29 is 4.39 Å². The third kappa shape index (κ3) is 4.89. The van der Waals surface area contributed by atoms with Crippen molar-refractivity contribution in [1.29, 1.82) is 0 Å². The molecule has 0 radical (unpaired) electrons. The lowest BCUT2D eigenvalue weighted by Gasteiger charge is -2.11. The second-order valence-corrected chi connectivity index (χ2v) is 5.65. The fraction of sp³-hybridized carbons (Fsp3) is 0.211. The number of hydrogen-bond acceptors (Lipinski definition) is 3. The second kappa shape index (κ2) is 8.75. The Morgan fingerprint density at radius 2 is 1.92 bits per heavy atom. The fourth-order valence-electron chi connectivity index (χ4n) is 2.44. The van der Waals surface area contributed by atoms with Crippen LogP contribution in [-0.2, 0) is 13.0 Å². The van der Waals surface area contributed by atoms with E-state index in [1.54, 1.807) is 30.1 Å². The number of guanidine groups is 1. The standard InChI is InChI=1S/C19H21FN6/c1-21-19(24-14-17-4-2-3-11-22-17)23-12-9-16-10-13-26(25-16)18-7-5-15(20)6-8-18/h2-8,10-11,13H,9,12,14H2,1H3,(H2,21,23,24). The zero-order valence-electron chi connectivity index (χ0n) is 14.6. The van der Waals surface area contributed by atoms with Crippen LogP contribution in [-0.4, -0.2) is 34.3 Å². The average molecular weight is 352 g/mol. The maximum Gasteiger partial charge on any atom is 0.191 e. The van der Waals surface area contributed by atoms with Crippen molar-refractivity contribution in [1.82, 2.24) is 25.4 Å². The van der Waals surface area contributed by atoms with Crippen molar-refractivity contribution >= 4 is 5.96 Å². The summed E-state index contributed by atoms with van der Waals surface area (Å²) in [5.41, 5.74) is 2.73. The molecule has 3 aromatic rings. The molecule has 0 saturated carbocycles. The van der Waals surface area contributed by atoms with Gasteiger partial charge in [-0.1, -0.05) is 6.07 Å². The Morgan fingerprint density at radius 3 is 2.65 bits per heavy atom. The number of aromatic nitrogens is 3. The Morgan fingerprint density at radius 1 is 1.08 bits per heavy atom. The van der Waals surface area contributed by atoms with E-state index in [4.69, 9.17) is 0 Å². The minimum absolute atomic E-state index is 0.255. The fourth-order valence-corrected chi connectivity index (χ4v) is 2.44. The highest BCUT2D eigenvalue weighted by Gasteiger charge is 2.03. The molecule has 3 rings (SSSR count). The van der Waals surface area contributed by atoms with E-state index in [-0.39, 0.29) is 5.82 Å². The highest BCUT2D eigenvalue weighted by atomic mass is 19.1. The molecule has 2 heterocycles. The molecule has 26 heavy (non-hydrogen) atoms. The van der Waals surface area contributed by atoms with Gasteiger partial charge in [0.2, 0.25) is 0 Å². The van der Waals surface area contributed by atoms with Gasteiger partial charge in [-0.15, -0.1) is 0 Å². The summed E-state index contributed by atoms with van der Waals surface area (Å²) in [5, 5.41) is 11.0. The number of rotatable bonds is 6. The number of hydrogen-bond donors (Lipinski definition) is 2. The third-order valence-corrected chi connectivity index (χ3v) is 3.80. The Hall–Kier alpha value is -3.22. The Bertz CT molecular complexity index is 842. The van der Waals surface area contributed by atoms with Crippen LogP contribution in [0.1, 0.15) is 11.4 Å². The summed E-state index contributed by atoms with van der Waals surface area (Å²) in [6.45, 7) is 1.31. The molecule has 0 spiro atoms. The van der Waals surface area contributed by atoms with E-state index in [1.807, 2.05) is 30.5 Å². The monoisotopic (exact) mass is 352 g/mol. The summed E-state index contributed by atoms with van der Waals surface area (Å²) in [6.07, 6.45) is 4.39. The predicted octanol–water partition coefficient (Wildman–Crippen LogP) is 2.31. The lowest BCUT2D eigenvalue weighted by molar-refractivity contribution is 0.627. The van der Waals surface area contributed by atoms with Crippen LogP contribution < -0.4 is 10.6 Å². The highest BCUT2D eigenvalue weighted by Crippen LogP contribution is 2.09. The van der Waals surface area contributed by atoms with Crippen molar-refractivity contribution in [3.05, 3.63) is 78.1 Å². The topological polar surface area (TPSA) is 67.1 Å². The van der Waals surface area contributed by atoms with Crippen LogP contribution in [0.25, 0.3) is 5.69 Å². The van der Waals surface area contributed by atoms with Gasteiger partial charge in [0.1, 0.15) is 5.82 Å². The van der Waals surface area contributed by atoms with E-state index >= 15 is 0 Å². The van der Waals surface area contributed by atoms with Crippen molar-refractivity contribution in [3.8, 4) is 5.69 Å². The Kier molecular flexibility index (Phi) is 5.92.